The number of piperazine rings is 1. The molecule has 23 heavy (non-hydrogen) atoms. The van der Waals surface area contributed by atoms with Gasteiger partial charge in [0, 0.05) is 36.9 Å². The number of carbonyl (C=O) groups is 2. The van der Waals surface area contributed by atoms with E-state index in [0.29, 0.717) is 44.3 Å². The van der Waals surface area contributed by atoms with Crippen LogP contribution in [0.15, 0.2) is 24.3 Å². The van der Waals surface area contributed by atoms with Crippen LogP contribution < -0.4 is 10.6 Å². The Morgan fingerprint density at radius 2 is 1.74 bits per heavy atom. The van der Waals surface area contributed by atoms with Crippen molar-refractivity contribution in [2.45, 2.75) is 0 Å². The molecule has 0 unspecified atom stereocenters. The summed E-state index contributed by atoms with van der Waals surface area (Å²) >= 11 is 5.81. The second kappa shape index (κ2) is 9.72. The summed E-state index contributed by atoms with van der Waals surface area (Å²) in [6.07, 6.45) is 0. The average molecular weight is 361 g/mol. The summed E-state index contributed by atoms with van der Waals surface area (Å²) in [5.74, 6) is 0.0464. The van der Waals surface area contributed by atoms with Gasteiger partial charge in [-0.1, -0.05) is 11.6 Å². The fraction of sp³-hybridized carbons (Fsp3) is 0.467. The Balaban J connectivity index is 0.00000264. The summed E-state index contributed by atoms with van der Waals surface area (Å²) in [4.78, 5) is 27.6. The molecule has 0 aromatic heterocycles. The third kappa shape index (κ3) is 6.35. The minimum absolute atomic E-state index is 0. The highest BCUT2D eigenvalue weighted by Crippen LogP contribution is 2.13. The standard InChI is InChI=1S/C15H21ClN4O2.ClH/c1-17-10-15(22)20-8-6-19(7-9-20)11-14(21)18-13-4-2-12(16)3-5-13;/h2-5,17H,6-11H2,1H3,(H,18,21);1H. The summed E-state index contributed by atoms with van der Waals surface area (Å²) in [5, 5.41) is 6.34. The van der Waals surface area contributed by atoms with Crippen LogP contribution in [0.5, 0.6) is 0 Å². The second-order valence-electron chi connectivity index (χ2n) is 5.24. The van der Waals surface area contributed by atoms with E-state index in [4.69, 9.17) is 11.6 Å². The van der Waals surface area contributed by atoms with E-state index in [9.17, 15) is 9.59 Å². The van der Waals surface area contributed by atoms with Gasteiger partial charge in [-0.05, 0) is 31.3 Å². The largest absolute Gasteiger partial charge is 0.339 e. The van der Waals surface area contributed by atoms with Crippen molar-refractivity contribution in [2.24, 2.45) is 0 Å². The maximum Gasteiger partial charge on any atom is 0.238 e. The quantitative estimate of drug-likeness (QED) is 0.824. The number of anilines is 1. The van der Waals surface area contributed by atoms with Gasteiger partial charge in [-0.2, -0.15) is 0 Å². The van der Waals surface area contributed by atoms with Crippen LogP contribution in [0.1, 0.15) is 0 Å². The monoisotopic (exact) mass is 360 g/mol. The highest BCUT2D eigenvalue weighted by molar-refractivity contribution is 6.30. The number of nitrogens with one attached hydrogen (secondary N) is 2. The second-order valence-corrected chi connectivity index (χ2v) is 5.68. The Morgan fingerprint density at radius 1 is 1.13 bits per heavy atom. The Morgan fingerprint density at radius 3 is 2.30 bits per heavy atom. The Kier molecular flexibility index (Phi) is 8.33. The molecule has 0 saturated carbocycles. The number of hydrogen-bond acceptors (Lipinski definition) is 4. The lowest BCUT2D eigenvalue weighted by Gasteiger charge is -2.34. The molecule has 0 spiro atoms. The van der Waals surface area contributed by atoms with Crippen molar-refractivity contribution in [1.82, 2.24) is 15.1 Å². The molecule has 1 heterocycles. The number of likely N-dealkylation sites (N-methyl/N-ethyl adjacent to an activating group) is 1. The van der Waals surface area contributed by atoms with E-state index in [-0.39, 0.29) is 24.2 Å². The average Bonchev–Trinajstić information content (AvgIpc) is 2.50. The molecule has 0 bridgehead atoms. The molecule has 8 heteroatoms. The highest BCUT2D eigenvalue weighted by Gasteiger charge is 2.21. The molecule has 1 aromatic rings. The molecule has 0 aliphatic carbocycles. The minimum Gasteiger partial charge on any atom is -0.339 e. The normalized spacial score (nSPS) is 15.0. The molecule has 1 aliphatic rings. The summed E-state index contributed by atoms with van der Waals surface area (Å²) in [5.41, 5.74) is 0.734. The van der Waals surface area contributed by atoms with Gasteiger partial charge in [0.15, 0.2) is 0 Å². The van der Waals surface area contributed by atoms with Crippen LogP contribution in [0.4, 0.5) is 5.69 Å². The van der Waals surface area contributed by atoms with E-state index >= 15 is 0 Å². The Hall–Kier alpha value is -1.34. The van der Waals surface area contributed by atoms with Gasteiger partial charge in [0.2, 0.25) is 11.8 Å². The molecule has 0 radical (unpaired) electrons. The van der Waals surface area contributed by atoms with Crippen LogP contribution in [0.25, 0.3) is 0 Å². The third-order valence-electron chi connectivity index (χ3n) is 3.55. The first kappa shape index (κ1) is 19.7. The van der Waals surface area contributed by atoms with Crippen molar-refractivity contribution in [3.8, 4) is 0 Å². The number of halogens is 2. The number of amides is 2. The van der Waals surface area contributed by atoms with Crippen LogP contribution in [-0.2, 0) is 9.59 Å². The molecular formula is C15H22Cl2N4O2. The molecule has 6 nitrogen and oxygen atoms in total. The summed E-state index contributed by atoms with van der Waals surface area (Å²) in [7, 11) is 1.76. The van der Waals surface area contributed by atoms with Crippen LogP contribution in [0.3, 0.4) is 0 Å². The fourth-order valence-electron chi connectivity index (χ4n) is 2.36. The van der Waals surface area contributed by atoms with Gasteiger partial charge in [-0.3, -0.25) is 14.5 Å². The molecule has 1 saturated heterocycles. The highest BCUT2D eigenvalue weighted by atomic mass is 35.5. The zero-order valence-electron chi connectivity index (χ0n) is 13.0. The first-order chi connectivity index (χ1) is 10.6. The molecule has 2 N–H and O–H groups in total. The van der Waals surface area contributed by atoms with Gasteiger partial charge in [0.05, 0.1) is 13.1 Å². The van der Waals surface area contributed by atoms with Crippen molar-refractivity contribution < 1.29 is 9.59 Å². The van der Waals surface area contributed by atoms with E-state index in [0.717, 1.165) is 5.69 Å². The molecule has 1 fully saturated rings. The first-order valence-electron chi connectivity index (χ1n) is 7.28. The molecular weight excluding hydrogens is 339 g/mol. The fourth-order valence-corrected chi connectivity index (χ4v) is 2.48. The van der Waals surface area contributed by atoms with Crippen molar-refractivity contribution in [3.05, 3.63) is 29.3 Å². The molecule has 1 aromatic carbocycles. The molecule has 2 amide bonds. The Labute approximate surface area is 147 Å². The number of hydrogen-bond donors (Lipinski definition) is 2. The van der Waals surface area contributed by atoms with Gasteiger partial charge in [-0.15, -0.1) is 12.4 Å². The molecule has 128 valence electrons. The lowest BCUT2D eigenvalue weighted by atomic mass is 10.3. The molecule has 0 atom stereocenters. The van der Waals surface area contributed by atoms with Gasteiger partial charge in [0.25, 0.3) is 0 Å². The molecule has 1 aliphatic heterocycles. The number of carbonyl (C=O) groups excluding carboxylic acids is 2. The van der Waals surface area contributed by atoms with Crippen molar-refractivity contribution in [1.29, 1.82) is 0 Å². The van der Waals surface area contributed by atoms with Crippen LogP contribution in [-0.4, -0.2) is 67.9 Å². The lowest BCUT2D eigenvalue weighted by molar-refractivity contribution is -0.132. The van der Waals surface area contributed by atoms with E-state index in [1.54, 1.807) is 31.3 Å². The van der Waals surface area contributed by atoms with E-state index in [2.05, 4.69) is 15.5 Å². The third-order valence-corrected chi connectivity index (χ3v) is 3.80. The van der Waals surface area contributed by atoms with Crippen LogP contribution in [0.2, 0.25) is 5.02 Å². The summed E-state index contributed by atoms with van der Waals surface area (Å²) < 4.78 is 0. The van der Waals surface area contributed by atoms with Gasteiger partial charge in [-0.25, -0.2) is 0 Å². The summed E-state index contributed by atoms with van der Waals surface area (Å²) in [6.45, 7) is 3.43. The van der Waals surface area contributed by atoms with Crippen molar-refractivity contribution in [3.63, 3.8) is 0 Å². The number of nitrogens with zero attached hydrogens (tertiary/aromatic N) is 2. The zero-order chi connectivity index (χ0) is 15.9. The van der Waals surface area contributed by atoms with Gasteiger partial charge in [0.1, 0.15) is 0 Å². The van der Waals surface area contributed by atoms with E-state index in [1.165, 1.54) is 0 Å². The van der Waals surface area contributed by atoms with Crippen LogP contribution in [0, 0.1) is 0 Å². The topological polar surface area (TPSA) is 64.7 Å². The first-order valence-corrected chi connectivity index (χ1v) is 7.66. The number of benzene rings is 1. The van der Waals surface area contributed by atoms with Crippen molar-refractivity contribution in [2.75, 3.05) is 51.6 Å². The maximum atomic E-state index is 12.0. The van der Waals surface area contributed by atoms with E-state index < -0.39 is 0 Å². The van der Waals surface area contributed by atoms with Gasteiger partial charge >= 0.3 is 0 Å². The number of rotatable bonds is 5. The van der Waals surface area contributed by atoms with Crippen LogP contribution >= 0.6 is 24.0 Å². The van der Waals surface area contributed by atoms with Crippen molar-refractivity contribution >= 4 is 41.5 Å². The minimum atomic E-state index is -0.0580. The predicted octanol–water partition coefficient (Wildman–Crippen LogP) is 1.06. The summed E-state index contributed by atoms with van der Waals surface area (Å²) in [6, 6.07) is 7.02. The lowest BCUT2D eigenvalue weighted by Crippen LogP contribution is -2.51. The maximum absolute atomic E-state index is 12.0. The SMILES string of the molecule is CNCC(=O)N1CCN(CC(=O)Nc2ccc(Cl)cc2)CC1.Cl. The Bertz CT molecular complexity index is 517. The smallest absolute Gasteiger partial charge is 0.238 e. The predicted molar refractivity (Wildman–Crippen MR) is 94.3 cm³/mol. The van der Waals surface area contributed by atoms with Gasteiger partial charge < -0.3 is 15.5 Å². The van der Waals surface area contributed by atoms with E-state index in [1.807, 2.05) is 4.90 Å². The zero-order valence-corrected chi connectivity index (χ0v) is 14.6. The molecule has 2 rings (SSSR count).